The lowest BCUT2D eigenvalue weighted by atomic mass is 9.76. The van der Waals surface area contributed by atoms with E-state index in [0.29, 0.717) is 5.92 Å². The van der Waals surface area contributed by atoms with Gasteiger partial charge < -0.3 is 9.64 Å². The van der Waals surface area contributed by atoms with Crippen LogP contribution in [0.2, 0.25) is 0 Å². The van der Waals surface area contributed by atoms with Crippen LogP contribution >= 0.6 is 0 Å². The lowest BCUT2D eigenvalue weighted by Crippen LogP contribution is -2.28. The van der Waals surface area contributed by atoms with Gasteiger partial charge in [-0.3, -0.25) is 0 Å². The largest absolute Gasteiger partial charge is 0.496 e. The zero-order chi connectivity index (χ0) is 15.1. The van der Waals surface area contributed by atoms with Gasteiger partial charge in [0.2, 0.25) is 0 Å². The van der Waals surface area contributed by atoms with Crippen molar-refractivity contribution >= 4 is 0 Å². The van der Waals surface area contributed by atoms with Gasteiger partial charge in [0.05, 0.1) is 5.76 Å². The van der Waals surface area contributed by atoms with Crippen LogP contribution in [0.15, 0.2) is 23.0 Å². The Hall–Kier alpha value is -0.760. The molecule has 1 unspecified atom stereocenters. The summed E-state index contributed by atoms with van der Waals surface area (Å²) in [6.45, 7) is 10.9. The molecule has 0 radical (unpaired) electrons. The summed E-state index contributed by atoms with van der Waals surface area (Å²) >= 11 is 0. The summed E-state index contributed by atoms with van der Waals surface area (Å²) in [5.41, 5.74) is 3.47. The molecule has 1 atom stereocenters. The highest BCUT2D eigenvalue weighted by atomic mass is 16.5. The highest BCUT2D eigenvalue weighted by Gasteiger charge is 2.27. The molecule has 2 rings (SSSR count). The molecule has 21 heavy (non-hydrogen) atoms. The fourth-order valence-electron chi connectivity index (χ4n) is 3.78. The lowest BCUT2D eigenvalue weighted by molar-refractivity contribution is 0.141. The Morgan fingerprint density at radius 2 is 1.90 bits per heavy atom. The number of rotatable bonds is 8. The first-order chi connectivity index (χ1) is 10.3. The first-order valence-electron chi connectivity index (χ1n) is 9.06. The van der Waals surface area contributed by atoms with Crippen LogP contribution in [0.1, 0.15) is 65.7 Å². The maximum Gasteiger partial charge on any atom is 0.100 e. The Balaban J connectivity index is 1.93. The van der Waals surface area contributed by atoms with Gasteiger partial charge in [-0.1, -0.05) is 38.3 Å². The molecule has 0 saturated heterocycles. The van der Waals surface area contributed by atoms with E-state index in [4.69, 9.17) is 4.74 Å². The molecule has 0 N–H and O–H groups in total. The first kappa shape index (κ1) is 16.6. The monoisotopic (exact) mass is 291 g/mol. The number of hydrogen-bond donors (Lipinski definition) is 0. The standard InChI is InChI=1S/C19H33NO/c1-4-9-18-17-11-8-7-10-16(17)12-13-19(18)21-15-14-20(5-2)6-3/h13,18H,4-12,14-15H2,1-3H3. The molecular formula is C19H33NO. The molecule has 0 aromatic heterocycles. The predicted molar refractivity (Wildman–Crippen MR) is 90.3 cm³/mol. The summed E-state index contributed by atoms with van der Waals surface area (Å²) in [6.07, 6.45) is 11.5. The number of allylic oxidation sites excluding steroid dienone is 3. The van der Waals surface area contributed by atoms with E-state index in [2.05, 4.69) is 31.7 Å². The van der Waals surface area contributed by atoms with Crippen molar-refractivity contribution in [3.63, 3.8) is 0 Å². The van der Waals surface area contributed by atoms with Crippen LogP contribution in [-0.2, 0) is 4.74 Å². The Morgan fingerprint density at radius 1 is 1.14 bits per heavy atom. The topological polar surface area (TPSA) is 12.5 Å². The third kappa shape index (κ3) is 4.35. The molecule has 0 aliphatic heterocycles. The van der Waals surface area contributed by atoms with Gasteiger partial charge in [0.1, 0.15) is 6.61 Å². The van der Waals surface area contributed by atoms with Crippen molar-refractivity contribution in [2.24, 2.45) is 5.92 Å². The molecule has 2 heteroatoms. The van der Waals surface area contributed by atoms with Crippen molar-refractivity contribution in [2.45, 2.75) is 65.7 Å². The average molecular weight is 291 g/mol. The van der Waals surface area contributed by atoms with E-state index in [0.717, 1.165) is 32.7 Å². The molecule has 0 bridgehead atoms. The fourth-order valence-corrected chi connectivity index (χ4v) is 3.78. The van der Waals surface area contributed by atoms with E-state index in [1.54, 1.807) is 11.1 Å². The summed E-state index contributed by atoms with van der Waals surface area (Å²) in [5.74, 6) is 1.88. The summed E-state index contributed by atoms with van der Waals surface area (Å²) in [6, 6.07) is 0. The van der Waals surface area contributed by atoms with Crippen molar-refractivity contribution in [1.29, 1.82) is 0 Å². The van der Waals surface area contributed by atoms with Crippen LogP contribution in [0.4, 0.5) is 0 Å². The Morgan fingerprint density at radius 3 is 2.62 bits per heavy atom. The maximum atomic E-state index is 6.22. The normalized spacial score (nSPS) is 22.3. The Kier molecular flexibility index (Phi) is 6.82. The Labute approximate surface area is 131 Å². The molecule has 2 aliphatic rings. The minimum atomic E-state index is 0.593. The first-order valence-corrected chi connectivity index (χ1v) is 9.06. The average Bonchev–Trinajstić information content (AvgIpc) is 2.53. The van der Waals surface area contributed by atoms with Gasteiger partial charge in [0.25, 0.3) is 0 Å². The SMILES string of the molecule is CCCC1C(OCCN(CC)CC)=CCC2=C1CCCC2. The summed E-state index contributed by atoms with van der Waals surface area (Å²) in [5, 5.41) is 0. The van der Waals surface area contributed by atoms with Gasteiger partial charge in [-0.05, 0) is 57.7 Å². The molecule has 0 heterocycles. The van der Waals surface area contributed by atoms with Crippen LogP contribution in [0.5, 0.6) is 0 Å². The van der Waals surface area contributed by atoms with Crippen molar-refractivity contribution in [3.8, 4) is 0 Å². The van der Waals surface area contributed by atoms with E-state index in [1.807, 2.05) is 0 Å². The van der Waals surface area contributed by atoms with Gasteiger partial charge in [-0.2, -0.15) is 0 Å². The highest BCUT2D eigenvalue weighted by Crippen LogP contribution is 2.41. The van der Waals surface area contributed by atoms with Gasteiger partial charge in [0.15, 0.2) is 0 Å². The van der Waals surface area contributed by atoms with Gasteiger partial charge in [0, 0.05) is 12.5 Å². The summed E-state index contributed by atoms with van der Waals surface area (Å²) in [4.78, 5) is 2.43. The second-order valence-electron chi connectivity index (χ2n) is 6.36. The fraction of sp³-hybridized carbons (Fsp3) is 0.789. The van der Waals surface area contributed by atoms with Crippen molar-refractivity contribution in [3.05, 3.63) is 23.0 Å². The van der Waals surface area contributed by atoms with Gasteiger partial charge >= 0.3 is 0 Å². The second kappa shape index (κ2) is 8.63. The minimum Gasteiger partial charge on any atom is -0.496 e. The molecule has 0 aromatic rings. The molecule has 2 aliphatic carbocycles. The maximum absolute atomic E-state index is 6.22. The zero-order valence-corrected chi connectivity index (χ0v) is 14.3. The van der Waals surface area contributed by atoms with E-state index in [9.17, 15) is 0 Å². The van der Waals surface area contributed by atoms with Crippen LogP contribution in [-0.4, -0.2) is 31.1 Å². The van der Waals surface area contributed by atoms with Crippen LogP contribution in [0.25, 0.3) is 0 Å². The molecule has 2 nitrogen and oxygen atoms in total. The molecule has 0 fully saturated rings. The highest BCUT2D eigenvalue weighted by molar-refractivity contribution is 5.32. The van der Waals surface area contributed by atoms with E-state index in [-0.39, 0.29) is 0 Å². The van der Waals surface area contributed by atoms with Crippen LogP contribution < -0.4 is 0 Å². The molecule has 0 aromatic carbocycles. The predicted octanol–water partition coefficient (Wildman–Crippen LogP) is 4.92. The number of hydrogen-bond acceptors (Lipinski definition) is 2. The molecule has 120 valence electrons. The second-order valence-corrected chi connectivity index (χ2v) is 6.36. The van der Waals surface area contributed by atoms with Crippen molar-refractivity contribution < 1.29 is 4.74 Å². The van der Waals surface area contributed by atoms with Crippen LogP contribution in [0.3, 0.4) is 0 Å². The summed E-state index contributed by atoms with van der Waals surface area (Å²) < 4.78 is 6.22. The Bertz CT molecular complexity index is 379. The quantitative estimate of drug-likeness (QED) is 0.589. The van der Waals surface area contributed by atoms with Crippen LogP contribution in [0, 0.1) is 5.92 Å². The van der Waals surface area contributed by atoms with Crippen molar-refractivity contribution in [1.82, 2.24) is 4.90 Å². The number of likely N-dealkylation sites (N-methyl/N-ethyl adjacent to an activating group) is 1. The van der Waals surface area contributed by atoms with Gasteiger partial charge in [-0.15, -0.1) is 0 Å². The number of ether oxygens (including phenoxy) is 1. The molecular weight excluding hydrogens is 258 g/mol. The molecule has 0 saturated carbocycles. The minimum absolute atomic E-state index is 0.593. The lowest BCUT2D eigenvalue weighted by Gasteiger charge is -2.33. The third-order valence-electron chi connectivity index (χ3n) is 5.09. The number of nitrogens with zero attached hydrogens (tertiary/aromatic N) is 1. The van der Waals surface area contributed by atoms with Crippen molar-refractivity contribution in [2.75, 3.05) is 26.2 Å². The molecule has 0 amide bonds. The van der Waals surface area contributed by atoms with E-state index >= 15 is 0 Å². The zero-order valence-electron chi connectivity index (χ0n) is 14.3. The van der Waals surface area contributed by atoms with Gasteiger partial charge in [-0.25, -0.2) is 0 Å². The molecule has 0 spiro atoms. The van der Waals surface area contributed by atoms with E-state index < -0.39 is 0 Å². The summed E-state index contributed by atoms with van der Waals surface area (Å²) in [7, 11) is 0. The third-order valence-corrected chi connectivity index (χ3v) is 5.09. The smallest absolute Gasteiger partial charge is 0.100 e. The van der Waals surface area contributed by atoms with E-state index in [1.165, 1.54) is 44.3 Å².